The molecule has 0 spiro atoms. The van der Waals surface area contributed by atoms with Crippen LogP contribution in [0, 0.1) is 6.92 Å². The first-order valence-corrected chi connectivity index (χ1v) is 17.0. The number of methoxy groups -OCH3 is 1. The van der Waals surface area contributed by atoms with Crippen molar-refractivity contribution in [3.63, 3.8) is 0 Å². The summed E-state index contributed by atoms with van der Waals surface area (Å²) in [5.41, 5.74) is 2.71. The first-order valence-electron chi connectivity index (χ1n) is 15.2. The van der Waals surface area contributed by atoms with Crippen LogP contribution in [0.2, 0.25) is 5.02 Å². The molecule has 0 saturated carbocycles. The Morgan fingerprint density at radius 3 is 2.26 bits per heavy atom. The SMILES string of the molecule is CCCCNC(=O)C(Cc1ccccc1)N(Cc1cccc(OC)c1)C(=O)CN(c1cccc(Cl)c1)S(=O)(=O)c1ccc(C)cc1. The molecule has 0 aliphatic carbocycles. The third-order valence-corrected chi connectivity index (χ3v) is 9.59. The topological polar surface area (TPSA) is 96.0 Å². The minimum Gasteiger partial charge on any atom is -0.497 e. The lowest BCUT2D eigenvalue weighted by atomic mass is 10.0. The van der Waals surface area contributed by atoms with Gasteiger partial charge in [0.15, 0.2) is 0 Å². The van der Waals surface area contributed by atoms with E-state index in [2.05, 4.69) is 5.32 Å². The highest BCUT2D eigenvalue weighted by molar-refractivity contribution is 7.92. The Kier molecular flexibility index (Phi) is 12.2. The van der Waals surface area contributed by atoms with Crippen LogP contribution in [0.15, 0.2) is 108 Å². The van der Waals surface area contributed by atoms with Gasteiger partial charge in [0.1, 0.15) is 18.3 Å². The fourth-order valence-corrected chi connectivity index (χ4v) is 6.62. The molecule has 1 atom stereocenters. The lowest BCUT2D eigenvalue weighted by Crippen LogP contribution is -2.53. The number of amides is 2. The van der Waals surface area contributed by atoms with E-state index in [9.17, 15) is 18.0 Å². The fraction of sp³-hybridized carbons (Fsp3) is 0.278. The number of hydrogen-bond acceptors (Lipinski definition) is 5. The molecule has 2 amide bonds. The van der Waals surface area contributed by atoms with Crippen molar-refractivity contribution < 1.29 is 22.7 Å². The number of unbranched alkanes of at least 4 members (excludes halogenated alkanes) is 1. The van der Waals surface area contributed by atoms with Gasteiger partial charge in [0, 0.05) is 24.5 Å². The third kappa shape index (κ3) is 9.11. The second-order valence-corrected chi connectivity index (χ2v) is 13.3. The lowest BCUT2D eigenvalue weighted by molar-refractivity contribution is -0.140. The van der Waals surface area contributed by atoms with Gasteiger partial charge < -0.3 is 15.0 Å². The number of hydrogen-bond donors (Lipinski definition) is 1. The van der Waals surface area contributed by atoms with Crippen LogP contribution in [0.25, 0.3) is 0 Å². The molecular formula is C36H40ClN3O5S. The molecule has 0 radical (unpaired) electrons. The monoisotopic (exact) mass is 661 g/mol. The number of rotatable bonds is 15. The molecule has 10 heteroatoms. The molecule has 0 bridgehead atoms. The molecule has 46 heavy (non-hydrogen) atoms. The summed E-state index contributed by atoms with van der Waals surface area (Å²) < 4.78 is 34.8. The van der Waals surface area contributed by atoms with Crippen LogP contribution >= 0.6 is 11.6 Å². The lowest BCUT2D eigenvalue weighted by Gasteiger charge is -2.34. The number of carbonyl (C=O) groups excluding carboxylic acids is 2. The van der Waals surface area contributed by atoms with E-state index in [1.165, 1.54) is 23.1 Å². The van der Waals surface area contributed by atoms with Gasteiger partial charge in [-0.2, -0.15) is 0 Å². The summed E-state index contributed by atoms with van der Waals surface area (Å²) in [6.45, 7) is 3.84. The molecule has 0 saturated heterocycles. The molecular weight excluding hydrogens is 622 g/mol. The zero-order valence-electron chi connectivity index (χ0n) is 26.4. The molecule has 1 unspecified atom stereocenters. The maximum atomic E-state index is 14.5. The summed E-state index contributed by atoms with van der Waals surface area (Å²) in [4.78, 5) is 29.9. The van der Waals surface area contributed by atoms with Crippen LogP contribution in [0.5, 0.6) is 5.75 Å². The minimum absolute atomic E-state index is 0.0309. The highest BCUT2D eigenvalue weighted by atomic mass is 35.5. The number of nitrogens with one attached hydrogen (secondary N) is 1. The van der Waals surface area contributed by atoms with Gasteiger partial charge >= 0.3 is 0 Å². The zero-order valence-corrected chi connectivity index (χ0v) is 27.9. The van der Waals surface area contributed by atoms with Crippen LogP contribution in [0.4, 0.5) is 5.69 Å². The number of aryl methyl sites for hydroxylation is 1. The van der Waals surface area contributed by atoms with Crippen molar-refractivity contribution in [2.75, 3.05) is 24.5 Å². The maximum Gasteiger partial charge on any atom is 0.264 e. The predicted molar refractivity (Wildman–Crippen MR) is 183 cm³/mol. The van der Waals surface area contributed by atoms with Gasteiger partial charge in [-0.05, 0) is 66.9 Å². The molecule has 0 fully saturated rings. The number of anilines is 1. The van der Waals surface area contributed by atoms with Crippen molar-refractivity contribution in [3.05, 3.63) is 125 Å². The van der Waals surface area contributed by atoms with E-state index in [0.717, 1.165) is 33.8 Å². The van der Waals surface area contributed by atoms with Crippen molar-refractivity contribution in [1.29, 1.82) is 0 Å². The predicted octanol–water partition coefficient (Wildman–Crippen LogP) is 6.41. The smallest absolute Gasteiger partial charge is 0.264 e. The van der Waals surface area contributed by atoms with Gasteiger partial charge in [-0.25, -0.2) is 8.42 Å². The van der Waals surface area contributed by atoms with E-state index in [0.29, 0.717) is 17.3 Å². The Labute approximate surface area is 277 Å². The van der Waals surface area contributed by atoms with Crippen LogP contribution in [-0.2, 0) is 32.6 Å². The van der Waals surface area contributed by atoms with Crippen LogP contribution < -0.4 is 14.4 Å². The van der Waals surface area contributed by atoms with E-state index < -0.39 is 28.5 Å². The van der Waals surface area contributed by atoms with E-state index in [1.54, 1.807) is 49.6 Å². The number of ether oxygens (including phenoxy) is 1. The van der Waals surface area contributed by atoms with Crippen molar-refractivity contribution >= 4 is 39.1 Å². The van der Waals surface area contributed by atoms with Crippen LogP contribution in [-0.4, -0.2) is 51.4 Å². The quantitative estimate of drug-likeness (QED) is 0.149. The summed E-state index contributed by atoms with van der Waals surface area (Å²) in [6.07, 6.45) is 1.91. The maximum absolute atomic E-state index is 14.5. The van der Waals surface area contributed by atoms with Crippen molar-refractivity contribution in [2.45, 2.75) is 50.6 Å². The van der Waals surface area contributed by atoms with Crippen molar-refractivity contribution in [3.8, 4) is 5.75 Å². The molecule has 0 aliphatic heterocycles. The third-order valence-electron chi connectivity index (χ3n) is 7.57. The highest BCUT2D eigenvalue weighted by Crippen LogP contribution is 2.27. The largest absolute Gasteiger partial charge is 0.497 e. The molecule has 0 heterocycles. The molecule has 4 aromatic rings. The molecule has 0 aliphatic rings. The number of nitrogens with zero attached hydrogens (tertiary/aromatic N) is 2. The normalized spacial score (nSPS) is 11.8. The Bertz CT molecular complexity index is 1720. The molecule has 242 valence electrons. The Morgan fingerprint density at radius 2 is 1.59 bits per heavy atom. The molecule has 0 aromatic heterocycles. The van der Waals surface area contributed by atoms with Crippen LogP contribution in [0.1, 0.15) is 36.5 Å². The van der Waals surface area contributed by atoms with Gasteiger partial charge in [0.05, 0.1) is 17.7 Å². The minimum atomic E-state index is -4.22. The van der Waals surface area contributed by atoms with E-state index in [-0.39, 0.29) is 29.5 Å². The first-order chi connectivity index (χ1) is 22.1. The molecule has 4 rings (SSSR count). The summed E-state index contributed by atoms with van der Waals surface area (Å²) >= 11 is 6.30. The van der Waals surface area contributed by atoms with Gasteiger partial charge in [-0.1, -0.05) is 91.2 Å². The number of benzene rings is 4. The number of sulfonamides is 1. The molecule has 4 aromatic carbocycles. The van der Waals surface area contributed by atoms with E-state index in [4.69, 9.17) is 16.3 Å². The second kappa shape index (κ2) is 16.3. The summed E-state index contributed by atoms with van der Waals surface area (Å²) in [7, 11) is -2.66. The average molecular weight is 662 g/mol. The van der Waals surface area contributed by atoms with Crippen LogP contribution in [0.3, 0.4) is 0 Å². The number of halogens is 1. The summed E-state index contributed by atoms with van der Waals surface area (Å²) in [6, 6.07) is 28.6. The van der Waals surface area contributed by atoms with E-state index in [1.807, 2.05) is 56.3 Å². The van der Waals surface area contributed by atoms with Gasteiger partial charge in [-0.15, -0.1) is 0 Å². The Balaban J connectivity index is 1.80. The summed E-state index contributed by atoms with van der Waals surface area (Å²) in [5, 5.41) is 3.31. The highest BCUT2D eigenvalue weighted by Gasteiger charge is 2.34. The van der Waals surface area contributed by atoms with E-state index >= 15 is 0 Å². The van der Waals surface area contributed by atoms with Crippen molar-refractivity contribution in [2.24, 2.45) is 0 Å². The standard InChI is InChI=1S/C36H40ClN3O5S/c1-4-5-21-38-36(42)34(23-28-11-7-6-8-12-28)39(25-29-13-9-16-32(22-29)45-3)35(41)26-40(31-15-10-14-30(37)24-31)46(43,44)33-19-17-27(2)18-20-33/h6-20,22,24,34H,4-5,21,23,25-26H2,1-3H3,(H,38,42). The first kappa shape index (κ1) is 34.5. The second-order valence-electron chi connectivity index (χ2n) is 11.0. The Morgan fingerprint density at radius 1 is 0.891 bits per heavy atom. The number of carbonyl (C=O) groups is 2. The van der Waals surface area contributed by atoms with Gasteiger partial charge in [0.2, 0.25) is 11.8 Å². The fourth-order valence-electron chi connectivity index (χ4n) is 5.03. The summed E-state index contributed by atoms with van der Waals surface area (Å²) in [5.74, 6) is -0.270. The van der Waals surface area contributed by atoms with Gasteiger partial charge in [0.25, 0.3) is 10.0 Å². The average Bonchev–Trinajstić information content (AvgIpc) is 3.05. The zero-order chi connectivity index (χ0) is 33.1. The molecule has 8 nitrogen and oxygen atoms in total. The van der Waals surface area contributed by atoms with Gasteiger partial charge in [-0.3, -0.25) is 13.9 Å². The van der Waals surface area contributed by atoms with Crippen molar-refractivity contribution in [1.82, 2.24) is 10.2 Å². The molecule has 1 N–H and O–H groups in total. The Hall–Kier alpha value is -4.34.